The van der Waals surface area contributed by atoms with E-state index < -0.39 is 17.7 Å². The second-order valence-corrected chi connectivity index (χ2v) is 5.12. The lowest BCUT2D eigenvalue weighted by Gasteiger charge is -2.18. The molecular formula is C14H12Cl2F2N2. The van der Waals surface area contributed by atoms with E-state index in [1.165, 1.54) is 18.2 Å². The molecule has 0 aliphatic heterocycles. The highest BCUT2D eigenvalue weighted by Crippen LogP contribution is 2.27. The molecule has 0 fully saturated rings. The van der Waals surface area contributed by atoms with E-state index in [1.54, 1.807) is 18.2 Å². The molecule has 2 aromatic rings. The molecule has 20 heavy (non-hydrogen) atoms. The molecule has 1 unspecified atom stereocenters. The van der Waals surface area contributed by atoms with Crippen LogP contribution in [0.3, 0.4) is 0 Å². The van der Waals surface area contributed by atoms with Crippen molar-refractivity contribution >= 4 is 23.2 Å². The van der Waals surface area contributed by atoms with Gasteiger partial charge in [0.2, 0.25) is 0 Å². The predicted octanol–water partition coefficient (Wildman–Crippen LogP) is 4.02. The van der Waals surface area contributed by atoms with Crippen LogP contribution in [0, 0.1) is 11.6 Å². The fourth-order valence-electron chi connectivity index (χ4n) is 1.97. The molecule has 1 atom stereocenters. The first-order valence-electron chi connectivity index (χ1n) is 5.87. The van der Waals surface area contributed by atoms with Gasteiger partial charge in [0, 0.05) is 10.6 Å². The van der Waals surface area contributed by atoms with Crippen molar-refractivity contribution in [2.45, 2.75) is 12.5 Å². The number of hydrazine groups is 1. The largest absolute Gasteiger partial charge is 0.271 e. The van der Waals surface area contributed by atoms with Crippen LogP contribution in [0.2, 0.25) is 10.0 Å². The third-order valence-corrected chi connectivity index (χ3v) is 3.65. The van der Waals surface area contributed by atoms with E-state index in [0.717, 1.165) is 0 Å². The van der Waals surface area contributed by atoms with Crippen molar-refractivity contribution in [3.8, 4) is 0 Å². The Hall–Kier alpha value is -1.20. The SMILES string of the molecule is NNC(Cc1cccc(F)c1Cl)c1ccc(Cl)cc1F. The van der Waals surface area contributed by atoms with Gasteiger partial charge in [-0.15, -0.1) is 0 Å². The molecule has 0 heterocycles. The van der Waals surface area contributed by atoms with Gasteiger partial charge in [-0.3, -0.25) is 11.3 Å². The van der Waals surface area contributed by atoms with Gasteiger partial charge in [0.1, 0.15) is 11.6 Å². The van der Waals surface area contributed by atoms with Crippen LogP contribution in [0.1, 0.15) is 17.2 Å². The van der Waals surface area contributed by atoms with Crippen LogP contribution in [-0.2, 0) is 6.42 Å². The first kappa shape index (κ1) is 15.2. The Morgan fingerprint density at radius 2 is 1.85 bits per heavy atom. The van der Waals surface area contributed by atoms with Crippen molar-refractivity contribution in [1.29, 1.82) is 0 Å². The van der Waals surface area contributed by atoms with E-state index in [2.05, 4.69) is 5.43 Å². The third kappa shape index (κ3) is 3.27. The van der Waals surface area contributed by atoms with Gasteiger partial charge >= 0.3 is 0 Å². The van der Waals surface area contributed by atoms with Crippen LogP contribution < -0.4 is 11.3 Å². The summed E-state index contributed by atoms with van der Waals surface area (Å²) in [6.07, 6.45) is 0.256. The highest BCUT2D eigenvalue weighted by Gasteiger charge is 2.17. The van der Waals surface area contributed by atoms with Crippen LogP contribution in [0.15, 0.2) is 36.4 Å². The average molecular weight is 317 g/mol. The Kier molecular flexibility index (Phi) is 4.94. The van der Waals surface area contributed by atoms with Gasteiger partial charge in [0.25, 0.3) is 0 Å². The first-order chi connectivity index (χ1) is 9.52. The van der Waals surface area contributed by atoms with Crippen molar-refractivity contribution in [2.75, 3.05) is 0 Å². The topological polar surface area (TPSA) is 38.0 Å². The summed E-state index contributed by atoms with van der Waals surface area (Å²) in [6.45, 7) is 0. The summed E-state index contributed by atoms with van der Waals surface area (Å²) < 4.78 is 27.3. The zero-order chi connectivity index (χ0) is 14.7. The van der Waals surface area contributed by atoms with E-state index in [4.69, 9.17) is 29.0 Å². The molecule has 0 saturated heterocycles. The van der Waals surface area contributed by atoms with Gasteiger partial charge in [0.05, 0.1) is 11.1 Å². The molecule has 0 radical (unpaired) electrons. The molecule has 2 aromatic carbocycles. The van der Waals surface area contributed by atoms with Crippen molar-refractivity contribution in [2.24, 2.45) is 5.84 Å². The summed E-state index contributed by atoms with van der Waals surface area (Å²) in [6, 6.07) is 8.25. The molecule has 2 nitrogen and oxygen atoms in total. The standard InChI is InChI=1S/C14H12Cl2F2N2/c15-9-4-5-10(12(18)7-9)13(20-19)6-8-2-1-3-11(17)14(8)16/h1-5,7,13,20H,6,19H2. The molecule has 0 amide bonds. The lowest BCUT2D eigenvalue weighted by atomic mass is 9.99. The fourth-order valence-corrected chi connectivity index (χ4v) is 2.33. The van der Waals surface area contributed by atoms with Crippen LogP contribution >= 0.6 is 23.2 Å². The van der Waals surface area contributed by atoms with Crippen LogP contribution in [-0.4, -0.2) is 0 Å². The second kappa shape index (κ2) is 6.50. The van der Waals surface area contributed by atoms with Crippen LogP contribution in [0.25, 0.3) is 0 Å². The van der Waals surface area contributed by atoms with Gasteiger partial charge in [-0.2, -0.15) is 0 Å². The first-order valence-corrected chi connectivity index (χ1v) is 6.62. The molecule has 106 valence electrons. The normalized spacial score (nSPS) is 12.4. The summed E-state index contributed by atoms with van der Waals surface area (Å²) in [5.74, 6) is 4.47. The molecule has 3 N–H and O–H groups in total. The molecule has 0 spiro atoms. The van der Waals surface area contributed by atoms with Gasteiger partial charge in [-0.05, 0) is 30.2 Å². The fraction of sp³-hybridized carbons (Fsp3) is 0.143. The Morgan fingerprint density at radius 3 is 2.50 bits per heavy atom. The summed E-state index contributed by atoms with van der Waals surface area (Å²) in [5, 5.41) is 0.313. The molecule has 0 aromatic heterocycles. The Balaban J connectivity index is 2.31. The van der Waals surface area contributed by atoms with Crippen LogP contribution in [0.4, 0.5) is 8.78 Å². The number of nitrogens with one attached hydrogen (secondary N) is 1. The Labute approximate surface area is 125 Å². The van der Waals surface area contributed by atoms with Crippen molar-refractivity contribution < 1.29 is 8.78 Å². The highest BCUT2D eigenvalue weighted by molar-refractivity contribution is 6.31. The molecule has 6 heteroatoms. The number of benzene rings is 2. The molecule has 0 saturated carbocycles. The Morgan fingerprint density at radius 1 is 1.10 bits per heavy atom. The number of hydrogen-bond donors (Lipinski definition) is 2. The maximum absolute atomic E-state index is 13.9. The number of nitrogens with two attached hydrogens (primary N) is 1. The predicted molar refractivity (Wildman–Crippen MR) is 76.6 cm³/mol. The van der Waals surface area contributed by atoms with E-state index in [-0.39, 0.29) is 11.4 Å². The summed E-state index contributed by atoms with van der Waals surface area (Å²) in [7, 11) is 0. The minimum atomic E-state index is -0.536. The lowest BCUT2D eigenvalue weighted by molar-refractivity contribution is 0.509. The minimum absolute atomic E-state index is 0.0159. The van der Waals surface area contributed by atoms with Crippen molar-refractivity contribution in [1.82, 2.24) is 5.43 Å². The number of hydrogen-bond acceptors (Lipinski definition) is 2. The van der Waals surface area contributed by atoms with Crippen LogP contribution in [0.5, 0.6) is 0 Å². The van der Waals surface area contributed by atoms with Gasteiger partial charge in [0.15, 0.2) is 0 Å². The zero-order valence-electron chi connectivity index (χ0n) is 10.3. The van der Waals surface area contributed by atoms with Gasteiger partial charge in [-0.25, -0.2) is 8.78 Å². The smallest absolute Gasteiger partial charge is 0.142 e. The maximum Gasteiger partial charge on any atom is 0.142 e. The Bertz CT molecular complexity index is 620. The van der Waals surface area contributed by atoms with E-state index in [0.29, 0.717) is 16.1 Å². The van der Waals surface area contributed by atoms with Gasteiger partial charge in [-0.1, -0.05) is 41.4 Å². The molecule has 0 aliphatic rings. The average Bonchev–Trinajstić information content (AvgIpc) is 2.41. The third-order valence-electron chi connectivity index (χ3n) is 2.99. The summed E-state index contributed by atoms with van der Waals surface area (Å²) in [4.78, 5) is 0. The van der Waals surface area contributed by atoms with E-state index in [1.807, 2.05) is 0 Å². The molecule has 0 aliphatic carbocycles. The number of halogens is 4. The van der Waals surface area contributed by atoms with Gasteiger partial charge < -0.3 is 0 Å². The zero-order valence-corrected chi connectivity index (χ0v) is 11.8. The maximum atomic E-state index is 13.9. The van der Waals surface area contributed by atoms with Crippen molar-refractivity contribution in [3.63, 3.8) is 0 Å². The minimum Gasteiger partial charge on any atom is -0.271 e. The van der Waals surface area contributed by atoms with E-state index in [9.17, 15) is 8.78 Å². The quantitative estimate of drug-likeness (QED) is 0.660. The summed E-state index contributed by atoms with van der Waals surface area (Å²) >= 11 is 11.6. The molecule has 2 rings (SSSR count). The van der Waals surface area contributed by atoms with Crippen molar-refractivity contribution in [3.05, 3.63) is 69.2 Å². The summed E-state index contributed by atoms with van der Waals surface area (Å²) in [5.41, 5.74) is 3.40. The monoisotopic (exact) mass is 316 g/mol. The highest BCUT2D eigenvalue weighted by atomic mass is 35.5. The molecule has 0 bridgehead atoms. The second-order valence-electron chi connectivity index (χ2n) is 4.30. The lowest BCUT2D eigenvalue weighted by Crippen LogP contribution is -2.30. The number of rotatable bonds is 4. The van der Waals surface area contributed by atoms with E-state index >= 15 is 0 Å². The molecular weight excluding hydrogens is 305 g/mol.